The summed E-state index contributed by atoms with van der Waals surface area (Å²) in [5, 5.41) is 3.15. The third-order valence-corrected chi connectivity index (χ3v) is 5.87. The lowest BCUT2D eigenvalue weighted by Gasteiger charge is -2.28. The van der Waals surface area contributed by atoms with E-state index in [9.17, 15) is 13.2 Å². The fourth-order valence-corrected chi connectivity index (χ4v) is 4.11. The first-order chi connectivity index (χ1) is 12.7. The van der Waals surface area contributed by atoms with E-state index in [0.29, 0.717) is 17.2 Å². The Balaban J connectivity index is 1.86. The number of amides is 1. The SMILES string of the molecule is C[C@@H](C(=O)Nc1ccc2c(c1)OCO2)N(c1ccc(Cl)c(Cl)c1)S(C)(=O)=O. The standard InChI is InChI=1S/C17H16Cl2N2O5S/c1-10(17(22)20-11-3-6-15-16(7-11)26-9-25-15)21(27(2,23)24)12-4-5-13(18)14(19)8-12/h3-8,10H,9H2,1-2H3,(H,20,22)/t10-/m0/s1. The minimum Gasteiger partial charge on any atom is -0.454 e. The number of hydrogen-bond donors (Lipinski definition) is 1. The normalized spacial score (nSPS) is 13.9. The van der Waals surface area contributed by atoms with Gasteiger partial charge in [0.15, 0.2) is 11.5 Å². The fraction of sp³-hybridized carbons (Fsp3) is 0.235. The van der Waals surface area contributed by atoms with Crippen molar-refractivity contribution in [2.24, 2.45) is 0 Å². The summed E-state index contributed by atoms with van der Waals surface area (Å²) in [5.74, 6) is 0.560. The van der Waals surface area contributed by atoms with Crippen LogP contribution in [0.4, 0.5) is 11.4 Å². The molecule has 1 amide bonds. The van der Waals surface area contributed by atoms with Crippen molar-refractivity contribution in [3.05, 3.63) is 46.4 Å². The molecule has 0 radical (unpaired) electrons. The van der Waals surface area contributed by atoms with Crippen molar-refractivity contribution in [3.8, 4) is 11.5 Å². The molecule has 0 fully saturated rings. The molecule has 10 heteroatoms. The average molecular weight is 431 g/mol. The molecular formula is C17H16Cl2N2O5S. The summed E-state index contributed by atoms with van der Waals surface area (Å²) < 4.78 is 36.1. The maximum Gasteiger partial charge on any atom is 0.247 e. The van der Waals surface area contributed by atoms with E-state index >= 15 is 0 Å². The van der Waals surface area contributed by atoms with Crippen LogP contribution in [0.15, 0.2) is 36.4 Å². The van der Waals surface area contributed by atoms with Crippen LogP contribution in [0.2, 0.25) is 10.0 Å². The van der Waals surface area contributed by atoms with Crippen LogP contribution in [0.5, 0.6) is 11.5 Å². The number of nitrogens with one attached hydrogen (secondary N) is 1. The van der Waals surface area contributed by atoms with Gasteiger partial charge in [0.25, 0.3) is 0 Å². The van der Waals surface area contributed by atoms with Crippen molar-refractivity contribution < 1.29 is 22.7 Å². The number of anilines is 2. The van der Waals surface area contributed by atoms with Gasteiger partial charge >= 0.3 is 0 Å². The second-order valence-electron chi connectivity index (χ2n) is 5.89. The van der Waals surface area contributed by atoms with Gasteiger partial charge in [0.2, 0.25) is 22.7 Å². The van der Waals surface area contributed by atoms with Crippen molar-refractivity contribution in [1.82, 2.24) is 0 Å². The van der Waals surface area contributed by atoms with Crippen LogP contribution in [-0.4, -0.2) is 33.4 Å². The van der Waals surface area contributed by atoms with Gasteiger partial charge < -0.3 is 14.8 Å². The Morgan fingerprint density at radius 3 is 2.48 bits per heavy atom. The van der Waals surface area contributed by atoms with Crippen LogP contribution in [0, 0.1) is 0 Å². The van der Waals surface area contributed by atoms with Gasteiger partial charge in [-0.1, -0.05) is 23.2 Å². The van der Waals surface area contributed by atoms with Gasteiger partial charge in [-0.25, -0.2) is 8.42 Å². The van der Waals surface area contributed by atoms with Crippen molar-refractivity contribution in [1.29, 1.82) is 0 Å². The van der Waals surface area contributed by atoms with E-state index in [-0.39, 0.29) is 22.5 Å². The van der Waals surface area contributed by atoms with Crippen molar-refractivity contribution in [2.45, 2.75) is 13.0 Å². The molecule has 1 atom stereocenters. The Kier molecular flexibility index (Phi) is 5.41. The molecule has 1 aliphatic rings. The van der Waals surface area contributed by atoms with Crippen LogP contribution >= 0.6 is 23.2 Å². The highest BCUT2D eigenvalue weighted by Crippen LogP contribution is 2.34. The molecule has 0 unspecified atom stereocenters. The van der Waals surface area contributed by atoms with Crippen molar-refractivity contribution in [3.63, 3.8) is 0 Å². The van der Waals surface area contributed by atoms with E-state index < -0.39 is 22.0 Å². The molecule has 144 valence electrons. The number of ether oxygens (including phenoxy) is 2. The molecule has 0 spiro atoms. The summed E-state index contributed by atoms with van der Waals surface area (Å²) in [7, 11) is -3.77. The molecular weight excluding hydrogens is 415 g/mol. The second kappa shape index (κ2) is 7.46. The van der Waals surface area contributed by atoms with E-state index in [1.54, 1.807) is 18.2 Å². The number of nitrogens with zero attached hydrogens (tertiary/aromatic N) is 1. The fourth-order valence-electron chi connectivity index (χ4n) is 2.65. The number of carbonyl (C=O) groups excluding carboxylic acids is 1. The quantitative estimate of drug-likeness (QED) is 0.783. The number of hydrogen-bond acceptors (Lipinski definition) is 5. The van der Waals surface area contributed by atoms with E-state index in [0.717, 1.165) is 10.6 Å². The maximum atomic E-state index is 12.7. The number of halogens is 2. The number of sulfonamides is 1. The Morgan fingerprint density at radius 2 is 1.81 bits per heavy atom. The van der Waals surface area contributed by atoms with Gasteiger partial charge in [0.05, 0.1) is 22.0 Å². The lowest BCUT2D eigenvalue weighted by molar-refractivity contribution is -0.116. The van der Waals surface area contributed by atoms with Gasteiger partial charge in [-0.2, -0.15) is 0 Å². The van der Waals surface area contributed by atoms with Crippen LogP contribution in [-0.2, 0) is 14.8 Å². The number of rotatable bonds is 5. The Morgan fingerprint density at radius 1 is 1.11 bits per heavy atom. The predicted molar refractivity (Wildman–Crippen MR) is 104 cm³/mol. The minimum absolute atomic E-state index is 0.113. The first kappa shape index (κ1) is 19.6. The van der Waals surface area contributed by atoms with Gasteiger partial charge in [0.1, 0.15) is 6.04 Å². The molecule has 2 aromatic rings. The molecule has 2 aromatic carbocycles. The lowest BCUT2D eigenvalue weighted by atomic mass is 10.2. The van der Waals surface area contributed by atoms with Crippen LogP contribution in [0.3, 0.4) is 0 Å². The highest BCUT2D eigenvalue weighted by Gasteiger charge is 2.30. The lowest BCUT2D eigenvalue weighted by Crippen LogP contribution is -2.45. The molecule has 27 heavy (non-hydrogen) atoms. The third kappa shape index (κ3) is 4.23. The number of carbonyl (C=O) groups is 1. The molecule has 0 bridgehead atoms. The van der Waals surface area contributed by atoms with Crippen LogP contribution in [0.1, 0.15) is 6.92 Å². The largest absolute Gasteiger partial charge is 0.454 e. The highest BCUT2D eigenvalue weighted by molar-refractivity contribution is 7.92. The van der Waals surface area contributed by atoms with Crippen molar-refractivity contribution >= 4 is 50.5 Å². The molecule has 0 aromatic heterocycles. The molecule has 0 saturated carbocycles. The summed E-state index contributed by atoms with van der Waals surface area (Å²) in [6.07, 6.45) is 1.01. The van der Waals surface area contributed by atoms with Crippen LogP contribution in [0.25, 0.3) is 0 Å². The summed E-state index contributed by atoms with van der Waals surface area (Å²) in [6.45, 7) is 1.59. The molecule has 0 saturated heterocycles. The number of fused-ring (bicyclic) bond motifs is 1. The third-order valence-electron chi connectivity index (χ3n) is 3.89. The Hall–Kier alpha value is -2.16. The topological polar surface area (TPSA) is 84.9 Å². The number of benzene rings is 2. The summed E-state index contributed by atoms with van der Waals surface area (Å²) in [5.41, 5.74) is 0.693. The predicted octanol–water partition coefficient (Wildman–Crippen LogP) is 3.52. The molecule has 0 aliphatic carbocycles. The first-order valence-corrected chi connectivity index (χ1v) is 10.4. The molecule has 3 rings (SSSR count). The zero-order valence-corrected chi connectivity index (χ0v) is 16.7. The summed E-state index contributed by atoms with van der Waals surface area (Å²) in [4.78, 5) is 12.7. The minimum atomic E-state index is -3.77. The van der Waals surface area contributed by atoms with Gasteiger partial charge in [-0.3, -0.25) is 9.10 Å². The Labute approximate surface area is 166 Å². The average Bonchev–Trinajstić information content (AvgIpc) is 3.04. The van der Waals surface area contributed by atoms with Gasteiger partial charge in [-0.15, -0.1) is 0 Å². The van der Waals surface area contributed by atoms with Gasteiger partial charge in [0, 0.05) is 11.8 Å². The zero-order chi connectivity index (χ0) is 19.8. The maximum absolute atomic E-state index is 12.7. The van der Waals surface area contributed by atoms with Gasteiger partial charge in [-0.05, 0) is 37.3 Å². The summed E-state index contributed by atoms with van der Waals surface area (Å²) in [6, 6.07) is 8.23. The van der Waals surface area contributed by atoms with E-state index in [1.165, 1.54) is 25.1 Å². The molecule has 1 N–H and O–H groups in total. The van der Waals surface area contributed by atoms with E-state index in [4.69, 9.17) is 32.7 Å². The first-order valence-electron chi connectivity index (χ1n) is 7.82. The van der Waals surface area contributed by atoms with E-state index in [2.05, 4.69) is 5.32 Å². The van der Waals surface area contributed by atoms with Crippen molar-refractivity contribution in [2.75, 3.05) is 22.7 Å². The second-order valence-corrected chi connectivity index (χ2v) is 8.56. The molecule has 1 heterocycles. The molecule has 1 aliphatic heterocycles. The Bertz CT molecular complexity index is 997. The smallest absolute Gasteiger partial charge is 0.247 e. The molecule has 7 nitrogen and oxygen atoms in total. The monoisotopic (exact) mass is 430 g/mol. The van der Waals surface area contributed by atoms with Crippen LogP contribution < -0.4 is 19.1 Å². The summed E-state index contributed by atoms with van der Waals surface area (Å²) >= 11 is 11.9. The zero-order valence-electron chi connectivity index (χ0n) is 14.4. The highest BCUT2D eigenvalue weighted by atomic mass is 35.5. The van der Waals surface area contributed by atoms with E-state index in [1.807, 2.05) is 0 Å².